The van der Waals surface area contributed by atoms with Crippen LogP contribution in [0.25, 0.3) is 0 Å². The second-order valence-electron chi connectivity index (χ2n) is 3.84. The van der Waals surface area contributed by atoms with E-state index in [1.165, 1.54) is 7.85 Å². The molecule has 0 saturated carbocycles. The minimum absolute atomic E-state index is 0.0802. The van der Waals surface area contributed by atoms with E-state index in [1.54, 1.807) is 5.32 Å². The van der Waals surface area contributed by atoms with Gasteiger partial charge in [-0.3, -0.25) is 9.59 Å². The van der Waals surface area contributed by atoms with Gasteiger partial charge in [0, 0.05) is 6.54 Å². The highest BCUT2D eigenvalue weighted by atomic mass is 19.4. The van der Waals surface area contributed by atoms with Crippen LogP contribution >= 0.6 is 0 Å². The maximum Gasteiger partial charge on any atom is 0.471 e. The van der Waals surface area contributed by atoms with Crippen LogP contribution in [0.1, 0.15) is 19.3 Å². The van der Waals surface area contributed by atoms with Crippen LogP contribution < -0.4 is 10.6 Å². The van der Waals surface area contributed by atoms with Gasteiger partial charge in [-0.1, -0.05) is 0 Å². The first-order chi connectivity index (χ1) is 8.64. The van der Waals surface area contributed by atoms with Crippen molar-refractivity contribution in [3.63, 3.8) is 0 Å². The highest BCUT2D eigenvalue weighted by molar-refractivity contribution is 6.57. The van der Waals surface area contributed by atoms with Crippen molar-refractivity contribution in [3.05, 3.63) is 0 Å². The Hall–Kier alpha value is -1.74. The largest absolute Gasteiger partial charge is 0.480 e. The number of alkyl halides is 3. The lowest BCUT2D eigenvalue weighted by molar-refractivity contribution is -0.173. The lowest BCUT2D eigenvalue weighted by Gasteiger charge is -2.13. The van der Waals surface area contributed by atoms with Gasteiger partial charge in [-0.2, -0.15) is 13.2 Å². The topological polar surface area (TPSA) is 95.5 Å². The molecule has 0 bridgehead atoms. The Bertz CT molecular complexity index is 349. The fourth-order valence-electron chi connectivity index (χ4n) is 1.28. The lowest BCUT2D eigenvalue weighted by atomic mass is 10.1. The molecule has 0 aromatic rings. The molecule has 6 nitrogen and oxygen atoms in total. The second-order valence-corrected chi connectivity index (χ2v) is 3.84. The molecule has 1 atom stereocenters. The van der Waals surface area contributed by atoms with E-state index in [4.69, 9.17) is 5.11 Å². The molecule has 0 aromatic carbocycles. The van der Waals surface area contributed by atoms with Gasteiger partial charge in [0.2, 0.25) is 7.85 Å². The Labute approximate surface area is 108 Å². The van der Waals surface area contributed by atoms with Gasteiger partial charge in [0.25, 0.3) is 0 Å². The molecule has 0 rings (SSSR count). The van der Waals surface area contributed by atoms with E-state index in [2.05, 4.69) is 5.32 Å². The quantitative estimate of drug-likeness (QED) is 0.438. The maximum absolute atomic E-state index is 11.8. The summed E-state index contributed by atoms with van der Waals surface area (Å²) >= 11 is 0. The molecule has 0 aliphatic rings. The number of rotatable bonds is 7. The van der Waals surface area contributed by atoms with Crippen LogP contribution in [-0.2, 0) is 9.59 Å². The SMILES string of the molecule is BC(=O)N[C@@H](CCCCNC(=O)C(F)(F)F)C(=O)O. The molecule has 0 spiro atoms. The number of halogens is 3. The summed E-state index contributed by atoms with van der Waals surface area (Å²) in [4.78, 5) is 31.8. The second kappa shape index (κ2) is 7.65. The predicted octanol–water partition coefficient (Wildman–Crippen LogP) is -0.369. The average Bonchev–Trinajstić information content (AvgIpc) is 2.24. The minimum Gasteiger partial charge on any atom is -0.480 e. The molecule has 0 heterocycles. The Morgan fingerprint density at radius 1 is 1.21 bits per heavy atom. The first kappa shape index (κ1) is 17.3. The summed E-state index contributed by atoms with van der Waals surface area (Å²) in [6.45, 7) is -0.204. The summed E-state index contributed by atoms with van der Waals surface area (Å²) in [5.41, 5.74) is 0. The van der Waals surface area contributed by atoms with Gasteiger partial charge in [-0.15, -0.1) is 0 Å². The molecule has 108 valence electrons. The van der Waals surface area contributed by atoms with Crippen molar-refractivity contribution in [2.24, 2.45) is 0 Å². The maximum atomic E-state index is 11.8. The molecule has 0 radical (unpaired) electrons. The summed E-state index contributed by atoms with van der Waals surface area (Å²) < 4.78 is 35.4. The number of hydrogen-bond donors (Lipinski definition) is 3. The van der Waals surface area contributed by atoms with E-state index >= 15 is 0 Å². The average molecular weight is 282 g/mol. The van der Waals surface area contributed by atoms with E-state index < -0.39 is 29.9 Å². The van der Waals surface area contributed by atoms with Crippen LogP contribution in [-0.4, -0.2) is 49.4 Å². The Morgan fingerprint density at radius 2 is 1.79 bits per heavy atom. The van der Waals surface area contributed by atoms with Gasteiger partial charge in [0.05, 0.1) is 0 Å². The van der Waals surface area contributed by atoms with E-state index in [0.29, 0.717) is 0 Å². The summed E-state index contributed by atoms with van der Waals surface area (Å²) in [5.74, 6) is -3.74. The number of carbonyl (C=O) groups excluding carboxylic acids is 2. The molecule has 0 unspecified atom stereocenters. The highest BCUT2D eigenvalue weighted by Gasteiger charge is 2.38. The van der Waals surface area contributed by atoms with Gasteiger partial charge >= 0.3 is 18.1 Å². The van der Waals surface area contributed by atoms with E-state index in [-0.39, 0.29) is 25.8 Å². The molecule has 0 aliphatic carbocycles. The highest BCUT2D eigenvalue weighted by Crippen LogP contribution is 2.14. The zero-order chi connectivity index (χ0) is 15.1. The summed E-state index contributed by atoms with van der Waals surface area (Å²) in [6, 6.07) is -1.07. The molecule has 2 amide bonds. The Morgan fingerprint density at radius 3 is 2.21 bits per heavy atom. The van der Waals surface area contributed by atoms with Crippen molar-refractivity contribution >= 4 is 25.5 Å². The first-order valence-corrected chi connectivity index (χ1v) is 5.49. The molecule has 0 saturated heterocycles. The van der Waals surface area contributed by atoms with Crippen molar-refractivity contribution in [1.82, 2.24) is 10.6 Å². The predicted molar refractivity (Wildman–Crippen MR) is 61.4 cm³/mol. The normalized spacial score (nSPS) is 12.6. The molecular weight excluding hydrogens is 268 g/mol. The summed E-state index contributed by atoms with van der Waals surface area (Å²) in [6.07, 6.45) is -4.39. The van der Waals surface area contributed by atoms with Crippen molar-refractivity contribution in [2.45, 2.75) is 31.5 Å². The number of carbonyl (C=O) groups is 3. The number of hydrogen-bond acceptors (Lipinski definition) is 3. The first-order valence-electron chi connectivity index (χ1n) is 5.49. The molecule has 0 fully saturated rings. The fourth-order valence-corrected chi connectivity index (χ4v) is 1.28. The van der Waals surface area contributed by atoms with Gasteiger partial charge in [0.15, 0.2) is 5.81 Å². The number of amides is 2. The van der Waals surface area contributed by atoms with Crippen LogP contribution in [0.3, 0.4) is 0 Å². The monoisotopic (exact) mass is 282 g/mol. The third-order valence-electron chi connectivity index (χ3n) is 2.14. The summed E-state index contributed by atoms with van der Waals surface area (Å²) in [7, 11) is 1.17. The third-order valence-corrected chi connectivity index (χ3v) is 2.14. The lowest BCUT2D eigenvalue weighted by Crippen LogP contribution is -2.40. The van der Waals surface area contributed by atoms with Crippen LogP contribution in [0.15, 0.2) is 0 Å². The molecule has 0 aliphatic heterocycles. The Balaban J connectivity index is 3.87. The van der Waals surface area contributed by atoms with Crippen molar-refractivity contribution < 1.29 is 32.7 Å². The third kappa shape index (κ3) is 8.06. The van der Waals surface area contributed by atoms with Crippen LogP contribution in [0, 0.1) is 0 Å². The van der Waals surface area contributed by atoms with Crippen molar-refractivity contribution in [3.8, 4) is 0 Å². The van der Waals surface area contributed by atoms with E-state index in [0.717, 1.165) is 0 Å². The Kier molecular flexibility index (Phi) is 6.95. The van der Waals surface area contributed by atoms with Gasteiger partial charge in [0.1, 0.15) is 6.04 Å². The van der Waals surface area contributed by atoms with Crippen LogP contribution in [0.4, 0.5) is 18.0 Å². The number of carboxylic acids is 1. The van der Waals surface area contributed by atoms with E-state index in [9.17, 15) is 27.6 Å². The molecule has 3 N–H and O–H groups in total. The molecule has 19 heavy (non-hydrogen) atoms. The molecular formula is C9H14BF3N2O4. The van der Waals surface area contributed by atoms with Gasteiger partial charge < -0.3 is 15.7 Å². The van der Waals surface area contributed by atoms with Crippen LogP contribution in [0.5, 0.6) is 0 Å². The zero-order valence-corrected chi connectivity index (χ0v) is 10.2. The van der Waals surface area contributed by atoms with Crippen molar-refractivity contribution in [2.75, 3.05) is 6.54 Å². The van der Waals surface area contributed by atoms with Crippen molar-refractivity contribution in [1.29, 1.82) is 0 Å². The number of unbranched alkanes of at least 4 members (excludes halogenated alkanes) is 1. The van der Waals surface area contributed by atoms with E-state index in [1.807, 2.05) is 0 Å². The number of nitrogens with one attached hydrogen (secondary N) is 2. The standard InChI is InChI=1S/C9H14BF3N2O4/c10-8(19)15-5(6(16)17)3-1-2-4-14-7(18)9(11,12)13/h5H,1-4,10H2,(H,14,18)(H,15,19)(H,16,17)/t5-/m0/s1. The number of carboxylic acid groups (broad SMARTS) is 1. The molecule has 10 heteroatoms. The van der Waals surface area contributed by atoms with Crippen LogP contribution in [0.2, 0.25) is 0 Å². The van der Waals surface area contributed by atoms with Gasteiger partial charge in [-0.25, -0.2) is 4.79 Å². The molecule has 0 aromatic heterocycles. The zero-order valence-electron chi connectivity index (χ0n) is 10.2. The number of aliphatic carboxylic acids is 1. The van der Waals surface area contributed by atoms with Gasteiger partial charge in [-0.05, 0) is 19.3 Å². The minimum atomic E-state index is -4.92. The smallest absolute Gasteiger partial charge is 0.471 e. The summed E-state index contributed by atoms with van der Waals surface area (Å²) in [5, 5.41) is 12.6. The fraction of sp³-hybridized carbons (Fsp3) is 0.667.